The van der Waals surface area contributed by atoms with Crippen LogP contribution in [0.5, 0.6) is 0 Å². The molecule has 4 rings (SSSR count). The maximum Gasteiger partial charge on any atom is 0.327 e. The molecule has 0 radical (unpaired) electrons. The molecule has 2 N–H and O–H groups in total. The van der Waals surface area contributed by atoms with Gasteiger partial charge in [0.25, 0.3) is 5.56 Å². The molecule has 24 heavy (non-hydrogen) atoms. The van der Waals surface area contributed by atoms with E-state index in [9.17, 15) is 18.4 Å². The van der Waals surface area contributed by atoms with E-state index in [1.807, 2.05) is 4.98 Å². The van der Waals surface area contributed by atoms with Crippen molar-refractivity contribution >= 4 is 21.8 Å². The Morgan fingerprint density at radius 1 is 0.917 bits per heavy atom. The third-order valence-electron chi connectivity index (χ3n) is 3.79. The Morgan fingerprint density at radius 3 is 2.46 bits per heavy atom. The maximum atomic E-state index is 14.5. The lowest BCUT2D eigenvalue weighted by atomic mass is 10.0. The van der Waals surface area contributed by atoms with E-state index < -0.39 is 22.9 Å². The number of fused-ring (bicyclic) bond motifs is 2. The second-order valence-corrected chi connectivity index (χ2v) is 5.27. The molecule has 5 nitrogen and oxygen atoms in total. The normalized spacial score (nSPS) is 11.2. The summed E-state index contributed by atoms with van der Waals surface area (Å²) in [6.45, 7) is 0. The average molecular weight is 325 g/mol. The third-order valence-corrected chi connectivity index (χ3v) is 3.79. The molecule has 0 aliphatic rings. The summed E-state index contributed by atoms with van der Waals surface area (Å²) >= 11 is 0. The van der Waals surface area contributed by atoms with Crippen LogP contribution in [0.1, 0.15) is 0 Å². The van der Waals surface area contributed by atoms with E-state index in [1.165, 1.54) is 12.1 Å². The largest absolute Gasteiger partial charge is 0.327 e. The zero-order chi connectivity index (χ0) is 16.8. The minimum atomic E-state index is -0.782. The smallest absolute Gasteiger partial charge is 0.291 e. The molecule has 118 valence electrons. The summed E-state index contributed by atoms with van der Waals surface area (Å²) in [5, 5.41) is 0.725. The first-order chi connectivity index (χ1) is 11.5. The molecule has 2 heterocycles. The molecular formula is C17H9F2N3O2. The van der Waals surface area contributed by atoms with Crippen LogP contribution in [0.2, 0.25) is 0 Å². The van der Waals surface area contributed by atoms with E-state index in [1.54, 1.807) is 24.3 Å². The Kier molecular flexibility index (Phi) is 3.02. The molecule has 0 bridgehead atoms. The van der Waals surface area contributed by atoms with Gasteiger partial charge in [0.1, 0.15) is 23.0 Å². The zero-order valence-electron chi connectivity index (χ0n) is 12.1. The summed E-state index contributed by atoms with van der Waals surface area (Å²) in [5.74, 6) is -1.29. The molecule has 0 amide bonds. The van der Waals surface area contributed by atoms with Gasteiger partial charge in [-0.05, 0) is 17.5 Å². The topological polar surface area (TPSA) is 78.6 Å². The number of H-pyrrole nitrogens is 2. The number of aromatic amines is 2. The molecule has 2 aromatic heterocycles. The summed E-state index contributed by atoms with van der Waals surface area (Å²) in [6, 6.07) is 10.4. The fraction of sp³-hybridized carbons (Fsp3) is 0. The first-order valence-corrected chi connectivity index (χ1v) is 7.05. The van der Waals surface area contributed by atoms with Crippen molar-refractivity contribution < 1.29 is 8.78 Å². The molecule has 0 fully saturated rings. The van der Waals surface area contributed by atoms with Gasteiger partial charge in [-0.2, -0.15) is 0 Å². The third kappa shape index (κ3) is 2.10. The highest BCUT2D eigenvalue weighted by Gasteiger charge is 2.16. The highest BCUT2D eigenvalue weighted by atomic mass is 19.1. The van der Waals surface area contributed by atoms with Crippen LogP contribution in [-0.4, -0.2) is 15.0 Å². The quantitative estimate of drug-likeness (QED) is 0.565. The predicted octanol–water partition coefficient (Wildman–Crippen LogP) is 2.71. The molecule has 0 atom stereocenters. The van der Waals surface area contributed by atoms with E-state index in [2.05, 4.69) is 9.97 Å². The fourth-order valence-corrected chi connectivity index (χ4v) is 2.75. The Labute approximate surface area is 132 Å². The highest BCUT2D eigenvalue weighted by molar-refractivity contribution is 5.97. The molecule has 0 spiro atoms. The van der Waals surface area contributed by atoms with Crippen LogP contribution >= 0.6 is 0 Å². The summed E-state index contributed by atoms with van der Waals surface area (Å²) in [5.41, 5.74) is -1.45. The van der Waals surface area contributed by atoms with Crippen molar-refractivity contribution in [3.8, 4) is 11.3 Å². The van der Waals surface area contributed by atoms with Crippen LogP contribution in [0.15, 0.2) is 52.1 Å². The number of hydrogen-bond donors (Lipinski definition) is 2. The number of aromatic nitrogens is 3. The lowest BCUT2D eigenvalue weighted by Gasteiger charge is -2.09. The van der Waals surface area contributed by atoms with Crippen molar-refractivity contribution in [3.63, 3.8) is 0 Å². The number of halogens is 2. The zero-order valence-corrected chi connectivity index (χ0v) is 12.1. The van der Waals surface area contributed by atoms with Crippen molar-refractivity contribution in [1.82, 2.24) is 15.0 Å². The number of rotatable bonds is 1. The predicted molar refractivity (Wildman–Crippen MR) is 85.8 cm³/mol. The van der Waals surface area contributed by atoms with Crippen LogP contribution in [0.25, 0.3) is 33.1 Å². The minimum absolute atomic E-state index is 0.0616. The van der Waals surface area contributed by atoms with Crippen molar-refractivity contribution in [2.24, 2.45) is 0 Å². The van der Waals surface area contributed by atoms with Crippen LogP contribution in [0, 0.1) is 11.6 Å². The van der Waals surface area contributed by atoms with E-state index in [0.29, 0.717) is 5.39 Å². The Balaban J connectivity index is 2.13. The monoisotopic (exact) mass is 325 g/mol. The van der Waals surface area contributed by atoms with Crippen molar-refractivity contribution in [2.75, 3.05) is 0 Å². The van der Waals surface area contributed by atoms with Gasteiger partial charge < -0.3 is 0 Å². The SMILES string of the molecule is O=c1[nH]c(=O)c2cc(F)c(-c3cccc4cccc(F)c34)nc2[nH]1. The molecule has 4 aromatic rings. The highest BCUT2D eigenvalue weighted by Crippen LogP contribution is 2.31. The summed E-state index contributed by atoms with van der Waals surface area (Å²) in [6.07, 6.45) is 0. The fourth-order valence-electron chi connectivity index (χ4n) is 2.75. The number of pyridine rings is 1. The van der Waals surface area contributed by atoms with E-state index in [4.69, 9.17) is 0 Å². The number of benzene rings is 2. The summed E-state index contributed by atoms with van der Waals surface area (Å²) < 4.78 is 28.8. The lowest BCUT2D eigenvalue weighted by Crippen LogP contribution is -2.22. The van der Waals surface area contributed by atoms with Crippen molar-refractivity contribution in [2.45, 2.75) is 0 Å². The van der Waals surface area contributed by atoms with Crippen LogP contribution in [0.3, 0.4) is 0 Å². The van der Waals surface area contributed by atoms with Gasteiger partial charge in [0, 0.05) is 10.9 Å². The molecule has 0 saturated carbocycles. The Bertz CT molecular complexity index is 1220. The Hall–Kier alpha value is -3.35. The van der Waals surface area contributed by atoms with Gasteiger partial charge in [-0.25, -0.2) is 18.6 Å². The summed E-state index contributed by atoms with van der Waals surface area (Å²) in [7, 11) is 0. The van der Waals surface area contributed by atoms with Crippen molar-refractivity contribution in [3.05, 3.63) is 74.9 Å². The van der Waals surface area contributed by atoms with Crippen LogP contribution in [0.4, 0.5) is 8.78 Å². The van der Waals surface area contributed by atoms with Gasteiger partial charge in [0.05, 0.1) is 5.39 Å². The van der Waals surface area contributed by atoms with E-state index in [-0.39, 0.29) is 27.7 Å². The average Bonchev–Trinajstić information content (AvgIpc) is 2.55. The maximum absolute atomic E-state index is 14.5. The molecule has 0 saturated heterocycles. The molecular weight excluding hydrogens is 316 g/mol. The van der Waals surface area contributed by atoms with E-state index >= 15 is 0 Å². The van der Waals surface area contributed by atoms with Gasteiger partial charge in [-0.15, -0.1) is 0 Å². The van der Waals surface area contributed by atoms with Gasteiger partial charge in [0.2, 0.25) is 0 Å². The lowest BCUT2D eigenvalue weighted by molar-refractivity contribution is 0.627. The first-order valence-electron chi connectivity index (χ1n) is 7.05. The van der Waals surface area contributed by atoms with Gasteiger partial charge in [-0.1, -0.05) is 30.3 Å². The van der Waals surface area contributed by atoms with Gasteiger partial charge in [-0.3, -0.25) is 14.8 Å². The summed E-state index contributed by atoms with van der Waals surface area (Å²) in [4.78, 5) is 31.5. The second kappa shape index (κ2) is 5.09. The van der Waals surface area contributed by atoms with Crippen LogP contribution in [-0.2, 0) is 0 Å². The van der Waals surface area contributed by atoms with Gasteiger partial charge in [0.15, 0.2) is 0 Å². The number of nitrogens with zero attached hydrogens (tertiary/aromatic N) is 1. The molecule has 0 aliphatic carbocycles. The molecule has 2 aromatic carbocycles. The van der Waals surface area contributed by atoms with Gasteiger partial charge >= 0.3 is 5.69 Å². The standard InChI is InChI=1S/C17H9F2N3O2/c18-11-6-2-4-8-3-1-5-9(13(8)11)14-12(19)7-10-15(20-14)21-17(24)22-16(10)23/h1-7H,(H2,20,21,22,23,24). The van der Waals surface area contributed by atoms with Crippen molar-refractivity contribution in [1.29, 1.82) is 0 Å². The number of hydrogen-bond acceptors (Lipinski definition) is 3. The van der Waals surface area contributed by atoms with Crippen LogP contribution < -0.4 is 11.2 Å². The Morgan fingerprint density at radius 2 is 1.67 bits per heavy atom. The first kappa shape index (κ1) is 14.3. The number of nitrogens with one attached hydrogen (secondary N) is 2. The molecule has 7 heteroatoms. The molecule has 0 aliphatic heterocycles. The minimum Gasteiger partial charge on any atom is -0.291 e. The molecule has 0 unspecified atom stereocenters. The van der Waals surface area contributed by atoms with E-state index in [0.717, 1.165) is 6.07 Å². The second-order valence-electron chi connectivity index (χ2n) is 5.27.